The summed E-state index contributed by atoms with van der Waals surface area (Å²) in [5.74, 6) is 0.814. The molecule has 0 atom stereocenters. The molecule has 2 aromatic carbocycles. The highest BCUT2D eigenvalue weighted by molar-refractivity contribution is 6.31. The predicted octanol–water partition coefficient (Wildman–Crippen LogP) is 3.47. The molecule has 1 aromatic heterocycles. The van der Waals surface area contributed by atoms with E-state index in [4.69, 9.17) is 11.6 Å². The number of nitrogens with one attached hydrogen (secondary N) is 2. The average Bonchev–Trinajstić information content (AvgIpc) is 2.95. The van der Waals surface area contributed by atoms with E-state index in [0.717, 1.165) is 22.4 Å². The Morgan fingerprint density at radius 3 is 2.73 bits per heavy atom. The Morgan fingerprint density at radius 1 is 1.14 bits per heavy atom. The average molecular weight is 314 g/mol. The molecular formula is C17H16ClN3O. The van der Waals surface area contributed by atoms with Crippen LogP contribution in [0.1, 0.15) is 17.8 Å². The van der Waals surface area contributed by atoms with Crippen LogP contribution >= 0.6 is 11.6 Å². The van der Waals surface area contributed by atoms with Crippen molar-refractivity contribution in [2.75, 3.05) is 0 Å². The highest BCUT2D eigenvalue weighted by Gasteiger charge is 2.07. The maximum Gasteiger partial charge on any atom is 0.220 e. The minimum Gasteiger partial charge on any atom is -0.352 e. The molecule has 22 heavy (non-hydrogen) atoms. The number of hydrogen-bond acceptors (Lipinski definition) is 2. The Balaban J connectivity index is 1.53. The van der Waals surface area contributed by atoms with Crippen molar-refractivity contribution in [3.8, 4) is 0 Å². The maximum absolute atomic E-state index is 11.9. The van der Waals surface area contributed by atoms with Crippen molar-refractivity contribution < 1.29 is 4.79 Å². The van der Waals surface area contributed by atoms with Crippen molar-refractivity contribution in [3.05, 3.63) is 64.9 Å². The third-order valence-corrected chi connectivity index (χ3v) is 3.83. The van der Waals surface area contributed by atoms with Gasteiger partial charge in [-0.3, -0.25) is 4.79 Å². The second-order valence-electron chi connectivity index (χ2n) is 5.07. The van der Waals surface area contributed by atoms with Crippen molar-refractivity contribution in [1.29, 1.82) is 0 Å². The highest BCUT2D eigenvalue weighted by atomic mass is 35.5. The number of aromatic nitrogens is 2. The molecule has 5 heteroatoms. The number of para-hydroxylation sites is 2. The number of carbonyl (C=O) groups excluding carboxylic acids is 1. The van der Waals surface area contributed by atoms with Gasteiger partial charge in [0.25, 0.3) is 0 Å². The third-order valence-electron chi connectivity index (χ3n) is 3.46. The van der Waals surface area contributed by atoms with Crippen molar-refractivity contribution >= 4 is 28.5 Å². The molecule has 1 amide bonds. The van der Waals surface area contributed by atoms with Gasteiger partial charge in [0.1, 0.15) is 5.82 Å². The fraction of sp³-hybridized carbons (Fsp3) is 0.176. The number of halogens is 1. The van der Waals surface area contributed by atoms with Crippen LogP contribution in [-0.2, 0) is 17.8 Å². The lowest BCUT2D eigenvalue weighted by molar-refractivity contribution is -0.121. The molecule has 0 unspecified atom stereocenters. The molecule has 3 aromatic rings. The van der Waals surface area contributed by atoms with Crippen LogP contribution in [0.3, 0.4) is 0 Å². The topological polar surface area (TPSA) is 57.8 Å². The zero-order valence-electron chi connectivity index (χ0n) is 12.0. The highest BCUT2D eigenvalue weighted by Crippen LogP contribution is 2.14. The molecule has 1 heterocycles. The summed E-state index contributed by atoms with van der Waals surface area (Å²) < 4.78 is 0. The van der Waals surface area contributed by atoms with Crippen LogP contribution in [0.4, 0.5) is 0 Å². The molecular weight excluding hydrogens is 298 g/mol. The summed E-state index contributed by atoms with van der Waals surface area (Å²) in [5.41, 5.74) is 2.84. The van der Waals surface area contributed by atoms with Gasteiger partial charge in [-0.2, -0.15) is 0 Å². The Morgan fingerprint density at radius 2 is 1.91 bits per heavy atom. The lowest BCUT2D eigenvalue weighted by atomic mass is 10.2. The Hall–Kier alpha value is -2.33. The van der Waals surface area contributed by atoms with Gasteiger partial charge in [0, 0.05) is 24.4 Å². The second-order valence-corrected chi connectivity index (χ2v) is 5.48. The fourth-order valence-electron chi connectivity index (χ4n) is 2.28. The Kier molecular flexibility index (Phi) is 4.39. The number of rotatable bonds is 5. The van der Waals surface area contributed by atoms with Crippen molar-refractivity contribution in [1.82, 2.24) is 15.3 Å². The molecule has 0 bridgehead atoms. The van der Waals surface area contributed by atoms with Crippen LogP contribution in [0, 0.1) is 0 Å². The minimum atomic E-state index is -0.0135. The van der Waals surface area contributed by atoms with E-state index >= 15 is 0 Å². The number of benzene rings is 2. The Labute approximate surface area is 133 Å². The van der Waals surface area contributed by atoms with Crippen molar-refractivity contribution in [2.45, 2.75) is 19.4 Å². The van der Waals surface area contributed by atoms with Crippen molar-refractivity contribution in [3.63, 3.8) is 0 Å². The van der Waals surface area contributed by atoms with Crippen LogP contribution in [-0.4, -0.2) is 15.9 Å². The van der Waals surface area contributed by atoms with E-state index in [1.165, 1.54) is 0 Å². The zero-order chi connectivity index (χ0) is 15.4. The molecule has 0 aliphatic carbocycles. The van der Waals surface area contributed by atoms with E-state index in [9.17, 15) is 4.79 Å². The number of nitrogens with zero attached hydrogens (tertiary/aromatic N) is 1. The standard InChI is InChI=1S/C17H16ClN3O/c18-13-6-2-1-5-12(13)11-19-17(22)10-9-16-20-14-7-3-4-8-15(14)21-16/h1-8H,9-11H2,(H,19,22)(H,20,21). The number of hydrogen-bond donors (Lipinski definition) is 2. The fourth-order valence-corrected chi connectivity index (χ4v) is 2.48. The van der Waals surface area contributed by atoms with Gasteiger partial charge in [-0.05, 0) is 23.8 Å². The number of imidazole rings is 1. The third kappa shape index (κ3) is 3.46. The van der Waals surface area contributed by atoms with E-state index in [1.54, 1.807) is 0 Å². The second kappa shape index (κ2) is 6.62. The normalized spacial score (nSPS) is 10.8. The van der Waals surface area contributed by atoms with Crippen LogP contribution in [0.15, 0.2) is 48.5 Å². The minimum absolute atomic E-state index is 0.0135. The first-order valence-electron chi connectivity index (χ1n) is 7.16. The molecule has 0 aliphatic heterocycles. The van der Waals surface area contributed by atoms with Crippen LogP contribution in [0.5, 0.6) is 0 Å². The van der Waals surface area contributed by atoms with Gasteiger partial charge in [0.2, 0.25) is 5.91 Å². The Bertz CT molecular complexity index is 764. The molecule has 2 N–H and O–H groups in total. The smallest absolute Gasteiger partial charge is 0.220 e. The number of amides is 1. The number of aromatic amines is 1. The number of H-pyrrole nitrogens is 1. The summed E-state index contributed by atoms with van der Waals surface area (Å²) in [6.07, 6.45) is 0.979. The van der Waals surface area contributed by atoms with E-state index in [0.29, 0.717) is 24.4 Å². The number of carbonyl (C=O) groups is 1. The summed E-state index contributed by atoms with van der Waals surface area (Å²) >= 11 is 6.06. The number of aryl methyl sites for hydroxylation is 1. The van der Waals surface area contributed by atoms with Crippen LogP contribution < -0.4 is 5.32 Å². The molecule has 0 saturated carbocycles. The largest absolute Gasteiger partial charge is 0.352 e. The van der Waals surface area contributed by atoms with E-state index in [1.807, 2.05) is 48.5 Å². The molecule has 0 radical (unpaired) electrons. The van der Waals surface area contributed by atoms with Crippen LogP contribution in [0.2, 0.25) is 5.02 Å². The molecule has 3 rings (SSSR count). The summed E-state index contributed by atoms with van der Waals surface area (Å²) in [6, 6.07) is 15.3. The zero-order valence-corrected chi connectivity index (χ0v) is 12.7. The molecule has 0 aliphatic rings. The van der Waals surface area contributed by atoms with E-state index < -0.39 is 0 Å². The lowest BCUT2D eigenvalue weighted by Crippen LogP contribution is -2.23. The lowest BCUT2D eigenvalue weighted by Gasteiger charge is -2.06. The first kappa shape index (κ1) is 14.6. The monoisotopic (exact) mass is 313 g/mol. The van der Waals surface area contributed by atoms with Gasteiger partial charge in [0.15, 0.2) is 0 Å². The summed E-state index contributed by atoms with van der Waals surface area (Å²) in [4.78, 5) is 19.6. The first-order chi connectivity index (χ1) is 10.7. The quantitative estimate of drug-likeness (QED) is 0.758. The first-order valence-corrected chi connectivity index (χ1v) is 7.54. The molecule has 0 saturated heterocycles. The summed E-state index contributed by atoms with van der Waals surface area (Å²) in [6.45, 7) is 0.443. The summed E-state index contributed by atoms with van der Waals surface area (Å²) in [7, 11) is 0. The van der Waals surface area contributed by atoms with E-state index in [-0.39, 0.29) is 5.91 Å². The number of fused-ring (bicyclic) bond motifs is 1. The molecule has 0 fully saturated rings. The molecule has 4 nitrogen and oxygen atoms in total. The van der Waals surface area contributed by atoms with Gasteiger partial charge >= 0.3 is 0 Å². The molecule has 0 spiro atoms. The van der Waals surface area contributed by atoms with Gasteiger partial charge in [0.05, 0.1) is 11.0 Å². The van der Waals surface area contributed by atoms with Gasteiger partial charge in [-0.25, -0.2) is 4.98 Å². The van der Waals surface area contributed by atoms with Gasteiger partial charge in [-0.1, -0.05) is 41.9 Å². The van der Waals surface area contributed by atoms with Gasteiger partial charge in [-0.15, -0.1) is 0 Å². The van der Waals surface area contributed by atoms with E-state index in [2.05, 4.69) is 15.3 Å². The SMILES string of the molecule is O=C(CCc1nc2ccccc2[nH]1)NCc1ccccc1Cl. The van der Waals surface area contributed by atoms with Gasteiger partial charge < -0.3 is 10.3 Å². The molecule has 112 valence electrons. The van der Waals surface area contributed by atoms with Crippen molar-refractivity contribution in [2.24, 2.45) is 0 Å². The summed E-state index contributed by atoms with van der Waals surface area (Å²) in [5, 5.41) is 3.55. The predicted molar refractivity (Wildman–Crippen MR) is 87.7 cm³/mol. The van der Waals surface area contributed by atoms with Crippen LogP contribution in [0.25, 0.3) is 11.0 Å². The maximum atomic E-state index is 11.9.